The quantitative estimate of drug-likeness (QED) is 0.804. The van der Waals surface area contributed by atoms with Crippen molar-refractivity contribution in [2.24, 2.45) is 0 Å². The zero-order valence-electron chi connectivity index (χ0n) is 9.83. The summed E-state index contributed by atoms with van der Waals surface area (Å²) in [6, 6.07) is 9.99. The van der Waals surface area contributed by atoms with Crippen molar-refractivity contribution >= 4 is 0 Å². The van der Waals surface area contributed by atoms with Crippen molar-refractivity contribution in [3.05, 3.63) is 29.8 Å². The number of aromatic nitrogens is 4. The van der Waals surface area contributed by atoms with Crippen LogP contribution in [0.4, 0.5) is 0 Å². The molecule has 0 bridgehead atoms. The lowest BCUT2D eigenvalue weighted by Crippen LogP contribution is -2.00. The lowest BCUT2D eigenvalue weighted by atomic mass is 10.0. The van der Waals surface area contributed by atoms with Crippen LogP contribution >= 0.6 is 0 Å². The Morgan fingerprint density at radius 2 is 2.06 bits per heavy atom. The third-order valence-corrected chi connectivity index (χ3v) is 2.69. The van der Waals surface area contributed by atoms with Crippen molar-refractivity contribution < 1.29 is 0 Å². The molecule has 0 amide bonds. The summed E-state index contributed by atoms with van der Waals surface area (Å²) in [6.07, 6.45) is 0. The highest BCUT2D eigenvalue weighted by atomic mass is 15.5. The normalized spacial score (nSPS) is 12.1. The van der Waals surface area contributed by atoms with Crippen LogP contribution in [0, 0.1) is 11.3 Å². The van der Waals surface area contributed by atoms with Gasteiger partial charge in [0.1, 0.15) is 0 Å². The number of hydrogen-bond acceptors (Lipinski definition) is 4. The Morgan fingerprint density at radius 1 is 1.35 bits per heavy atom. The van der Waals surface area contributed by atoms with E-state index in [2.05, 4.69) is 21.6 Å². The second kappa shape index (κ2) is 4.74. The minimum atomic E-state index is -0.0915. The molecule has 0 aliphatic carbocycles. The fraction of sp³-hybridized carbons (Fsp3) is 0.333. The van der Waals surface area contributed by atoms with E-state index in [0.717, 1.165) is 23.5 Å². The third kappa shape index (κ3) is 2.16. The summed E-state index contributed by atoms with van der Waals surface area (Å²) >= 11 is 0. The molecule has 0 spiro atoms. The molecule has 0 aliphatic rings. The SMILES string of the molecule is CCn1nnnc1-c1ccc(C(C)C#N)cc1. The summed E-state index contributed by atoms with van der Waals surface area (Å²) in [5.41, 5.74) is 1.97. The summed E-state index contributed by atoms with van der Waals surface area (Å²) < 4.78 is 1.74. The van der Waals surface area contributed by atoms with Gasteiger partial charge >= 0.3 is 0 Å². The number of nitrogens with zero attached hydrogens (tertiary/aromatic N) is 5. The van der Waals surface area contributed by atoms with Crippen molar-refractivity contribution in [3.63, 3.8) is 0 Å². The molecule has 2 rings (SSSR count). The highest BCUT2D eigenvalue weighted by molar-refractivity contribution is 5.55. The third-order valence-electron chi connectivity index (χ3n) is 2.69. The number of benzene rings is 1. The van der Waals surface area contributed by atoms with Crippen LogP contribution in [-0.4, -0.2) is 20.2 Å². The molecule has 1 aromatic carbocycles. The van der Waals surface area contributed by atoms with Crippen LogP contribution in [0.1, 0.15) is 25.3 Å². The summed E-state index contributed by atoms with van der Waals surface area (Å²) in [7, 11) is 0. The molecule has 0 saturated carbocycles. The van der Waals surface area contributed by atoms with E-state index >= 15 is 0 Å². The van der Waals surface area contributed by atoms with Gasteiger partial charge in [0, 0.05) is 12.1 Å². The average Bonchev–Trinajstić information content (AvgIpc) is 2.86. The van der Waals surface area contributed by atoms with Gasteiger partial charge in [-0.3, -0.25) is 0 Å². The molecule has 1 aromatic heterocycles. The van der Waals surface area contributed by atoms with Gasteiger partial charge in [0.2, 0.25) is 0 Å². The zero-order chi connectivity index (χ0) is 12.3. The Balaban J connectivity index is 2.33. The van der Waals surface area contributed by atoms with Crippen molar-refractivity contribution in [2.75, 3.05) is 0 Å². The minimum Gasteiger partial charge on any atom is -0.226 e. The Kier molecular flexibility index (Phi) is 3.15. The van der Waals surface area contributed by atoms with Gasteiger partial charge in [-0.05, 0) is 29.8 Å². The van der Waals surface area contributed by atoms with Crippen LogP contribution in [0.25, 0.3) is 11.4 Å². The van der Waals surface area contributed by atoms with E-state index in [1.807, 2.05) is 38.1 Å². The first-order valence-corrected chi connectivity index (χ1v) is 5.52. The average molecular weight is 227 g/mol. The van der Waals surface area contributed by atoms with Crippen LogP contribution in [0.5, 0.6) is 0 Å². The Hall–Kier alpha value is -2.22. The van der Waals surface area contributed by atoms with Crippen LogP contribution in [0.2, 0.25) is 0 Å². The van der Waals surface area contributed by atoms with E-state index in [-0.39, 0.29) is 5.92 Å². The molecule has 0 saturated heterocycles. The van der Waals surface area contributed by atoms with Crippen molar-refractivity contribution in [1.82, 2.24) is 20.2 Å². The molecule has 1 heterocycles. The van der Waals surface area contributed by atoms with Gasteiger partial charge in [0.25, 0.3) is 0 Å². The molecule has 1 unspecified atom stereocenters. The minimum absolute atomic E-state index is 0.0915. The maximum atomic E-state index is 8.84. The Morgan fingerprint density at radius 3 is 2.65 bits per heavy atom. The van der Waals surface area contributed by atoms with E-state index in [9.17, 15) is 0 Å². The molecule has 0 aliphatic heterocycles. The van der Waals surface area contributed by atoms with Crippen molar-refractivity contribution in [3.8, 4) is 17.5 Å². The molecular weight excluding hydrogens is 214 g/mol. The van der Waals surface area contributed by atoms with Crippen LogP contribution in [0.3, 0.4) is 0 Å². The smallest absolute Gasteiger partial charge is 0.181 e. The second-order valence-corrected chi connectivity index (χ2v) is 3.79. The fourth-order valence-corrected chi connectivity index (χ4v) is 1.62. The highest BCUT2D eigenvalue weighted by Gasteiger charge is 2.08. The van der Waals surface area contributed by atoms with Gasteiger partial charge in [-0.2, -0.15) is 5.26 Å². The summed E-state index contributed by atoms with van der Waals surface area (Å²) in [5.74, 6) is 0.662. The van der Waals surface area contributed by atoms with Gasteiger partial charge in [-0.1, -0.05) is 24.3 Å². The maximum absolute atomic E-state index is 8.84. The Bertz CT molecular complexity index is 535. The van der Waals surface area contributed by atoms with Crippen LogP contribution in [0.15, 0.2) is 24.3 Å². The first-order valence-electron chi connectivity index (χ1n) is 5.52. The Labute approximate surface area is 99.7 Å². The number of aryl methyl sites for hydroxylation is 1. The number of nitriles is 1. The predicted octanol–water partition coefficient (Wildman–Crippen LogP) is 1.99. The van der Waals surface area contributed by atoms with Crippen molar-refractivity contribution in [2.45, 2.75) is 26.3 Å². The summed E-state index contributed by atoms with van der Waals surface area (Å²) in [5, 5.41) is 20.4. The fourth-order valence-electron chi connectivity index (χ4n) is 1.62. The van der Waals surface area contributed by atoms with Gasteiger partial charge in [-0.25, -0.2) is 4.68 Å². The lowest BCUT2D eigenvalue weighted by Gasteiger charge is -2.05. The number of tetrazole rings is 1. The van der Waals surface area contributed by atoms with Crippen LogP contribution in [-0.2, 0) is 6.54 Å². The molecule has 5 nitrogen and oxygen atoms in total. The predicted molar refractivity (Wildman–Crippen MR) is 63.0 cm³/mol. The van der Waals surface area contributed by atoms with Crippen molar-refractivity contribution in [1.29, 1.82) is 5.26 Å². The van der Waals surface area contributed by atoms with E-state index in [4.69, 9.17) is 5.26 Å². The van der Waals surface area contributed by atoms with E-state index < -0.39 is 0 Å². The molecule has 86 valence electrons. The molecule has 1 atom stereocenters. The van der Waals surface area contributed by atoms with E-state index in [0.29, 0.717) is 0 Å². The standard InChI is InChI=1S/C12H13N5/c1-3-17-12(14-15-16-17)11-6-4-10(5-7-11)9(2)8-13/h4-7,9H,3H2,1-2H3. The molecule has 0 N–H and O–H groups in total. The summed E-state index contributed by atoms with van der Waals surface area (Å²) in [4.78, 5) is 0. The number of rotatable bonds is 3. The molecular formula is C12H13N5. The molecule has 5 heteroatoms. The first-order chi connectivity index (χ1) is 8.26. The van der Waals surface area contributed by atoms with Gasteiger partial charge < -0.3 is 0 Å². The lowest BCUT2D eigenvalue weighted by molar-refractivity contribution is 0.631. The van der Waals surface area contributed by atoms with Gasteiger partial charge in [-0.15, -0.1) is 5.10 Å². The first kappa shape index (κ1) is 11.3. The highest BCUT2D eigenvalue weighted by Crippen LogP contribution is 2.20. The van der Waals surface area contributed by atoms with E-state index in [1.54, 1.807) is 4.68 Å². The number of hydrogen-bond donors (Lipinski definition) is 0. The zero-order valence-corrected chi connectivity index (χ0v) is 9.83. The monoisotopic (exact) mass is 227 g/mol. The summed E-state index contributed by atoms with van der Waals surface area (Å²) in [6.45, 7) is 4.61. The topological polar surface area (TPSA) is 67.4 Å². The molecule has 17 heavy (non-hydrogen) atoms. The molecule has 2 aromatic rings. The second-order valence-electron chi connectivity index (χ2n) is 3.79. The van der Waals surface area contributed by atoms with Gasteiger partial charge in [0.15, 0.2) is 5.82 Å². The van der Waals surface area contributed by atoms with Crippen LogP contribution < -0.4 is 0 Å². The molecule has 0 fully saturated rings. The molecule has 0 radical (unpaired) electrons. The van der Waals surface area contributed by atoms with E-state index in [1.165, 1.54) is 0 Å². The maximum Gasteiger partial charge on any atom is 0.181 e. The van der Waals surface area contributed by atoms with Gasteiger partial charge in [0.05, 0.1) is 12.0 Å². The largest absolute Gasteiger partial charge is 0.226 e.